The minimum Gasteiger partial charge on any atom is -0.495 e. The Morgan fingerprint density at radius 3 is 2.68 bits per heavy atom. The molecule has 0 radical (unpaired) electrons. The van der Waals surface area contributed by atoms with Crippen molar-refractivity contribution in [3.05, 3.63) is 41.5 Å². The molecule has 0 atom stereocenters. The summed E-state index contributed by atoms with van der Waals surface area (Å²) in [5.41, 5.74) is 3.37. The number of nitrogens with one attached hydrogen (secondary N) is 1. The van der Waals surface area contributed by atoms with Crippen molar-refractivity contribution in [2.75, 3.05) is 7.11 Å². The molecule has 1 fully saturated rings. The lowest BCUT2D eigenvalue weighted by molar-refractivity contribution is 0.120. The lowest BCUT2D eigenvalue weighted by Gasteiger charge is -2.26. The number of rotatable bonds is 6. The van der Waals surface area contributed by atoms with Gasteiger partial charge in [0.1, 0.15) is 10.6 Å². The number of aromatic nitrogens is 2. The summed E-state index contributed by atoms with van der Waals surface area (Å²) in [6.07, 6.45) is 4.07. The molecule has 1 aliphatic carbocycles. The second-order valence-electron chi connectivity index (χ2n) is 8.07. The number of fused-ring (bicyclic) bond motifs is 1. The van der Waals surface area contributed by atoms with Crippen LogP contribution in [0.4, 0.5) is 0 Å². The smallest absolute Gasteiger partial charge is 0.244 e. The van der Waals surface area contributed by atoms with Crippen LogP contribution in [0.3, 0.4) is 0 Å². The highest BCUT2D eigenvalue weighted by Crippen LogP contribution is 2.35. The summed E-state index contributed by atoms with van der Waals surface area (Å²) in [5, 5.41) is 9.70. The third-order valence-electron chi connectivity index (χ3n) is 5.67. The molecule has 166 valence electrons. The van der Waals surface area contributed by atoms with Crippen LogP contribution >= 0.6 is 11.3 Å². The molecular formula is C22H27N3O4S2. The predicted molar refractivity (Wildman–Crippen MR) is 123 cm³/mol. The van der Waals surface area contributed by atoms with E-state index in [1.54, 1.807) is 23.5 Å². The van der Waals surface area contributed by atoms with Gasteiger partial charge in [-0.1, -0.05) is 17.9 Å². The van der Waals surface area contributed by atoms with E-state index in [1.807, 2.05) is 30.5 Å². The van der Waals surface area contributed by atoms with Crippen LogP contribution in [-0.2, 0) is 10.0 Å². The highest BCUT2D eigenvalue weighted by molar-refractivity contribution is 7.89. The Balaban J connectivity index is 1.75. The predicted octanol–water partition coefficient (Wildman–Crippen LogP) is 3.99. The fraction of sp³-hybridized carbons (Fsp3) is 0.409. The molecule has 0 spiro atoms. The summed E-state index contributed by atoms with van der Waals surface area (Å²) >= 11 is 1.55. The van der Waals surface area contributed by atoms with Gasteiger partial charge in [0.05, 0.1) is 24.6 Å². The zero-order valence-corrected chi connectivity index (χ0v) is 19.5. The van der Waals surface area contributed by atoms with Crippen molar-refractivity contribution < 1.29 is 18.3 Å². The first-order valence-electron chi connectivity index (χ1n) is 10.2. The molecule has 0 bridgehead atoms. The van der Waals surface area contributed by atoms with E-state index in [0.717, 1.165) is 32.4 Å². The van der Waals surface area contributed by atoms with Gasteiger partial charge in [-0.25, -0.2) is 18.1 Å². The van der Waals surface area contributed by atoms with E-state index in [4.69, 9.17) is 4.74 Å². The van der Waals surface area contributed by atoms with E-state index >= 15 is 0 Å². The maximum atomic E-state index is 13.2. The first-order chi connectivity index (χ1) is 14.7. The first kappa shape index (κ1) is 22.0. The van der Waals surface area contributed by atoms with Crippen molar-refractivity contribution in [2.45, 2.75) is 56.6 Å². The molecule has 1 aromatic carbocycles. The zero-order chi connectivity index (χ0) is 22.3. The van der Waals surface area contributed by atoms with Gasteiger partial charge >= 0.3 is 0 Å². The van der Waals surface area contributed by atoms with Crippen molar-refractivity contribution in [3.8, 4) is 17.0 Å². The highest BCUT2D eigenvalue weighted by Gasteiger charge is 2.28. The number of aliphatic hydroxyl groups is 1. The van der Waals surface area contributed by atoms with E-state index in [1.165, 1.54) is 7.11 Å². The van der Waals surface area contributed by atoms with Crippen LogP contribution in [0.1, 0.15) is 43.2 Å². The molecular weight excluding hydrogens is 434 g/mol. The molecule has 4 rings (SSSR count). The van der Waals surface area contributed by atoms with Crippen LogP contribution in [0.25, 0.3) is 21.8 Å². The molecule has 2 heterocycles. The number of hydrogen-bond acceptors (Lipinski definition) is 6. The molecule has 0 aliphatic heterocycles. The second-order valence-corrected chi connectivity index (χ2v) is 10.8. The summed E-state index contributed by atoms with van der Waals surface area (Å²) in [6.45, 7) is 7.87. The summed E-state index contributed by atoms with van der Waals surface area (Å²) in [6, 6.07) is 4.98. The van der Waals surface area contributed by atoms with Crippen LogP contribution in [0.15, 0.2) is 35.9 Å². The van der Waals surface area contributed by atoms with Crippen molar-refractivity contribution in [2.24, 2.45) is 0 Å². The molecule has 2 aromatic heterocycles. The van der Waals surface area contributed by atoms with Gasteiger partial charge < -0.3 is 9.84 Å². The van der Waals surface area contributed by atoms with Crippen LogP contribution in [0, 0.1) is 6.92 Å². The Morgan fingerprint density at radius 2 is 2.03 bits per heavy atom. The molecule has 3 aromatic rings. The van der Waals surface area contributed by atoms with E-state index < -0.39 is 10.0 Å². The number of benzene rings is 1. The topological polar surface area (TPSA) is 92.9 Å². The Morgan fingerprint density at radius 1 is 1.32 bits per heavy atom. The maximum absolute atomic E-state index is 13.2. The molecule has 31 heavy (non-hydrogen) atoms. The number of nitrogens with zero attached hydrogens (tertiary/aromatic N) is 2. The Labute approximate surface area is 186 Å². The SMILES string of the molecule is C=C(C)c1cn2c(-c3ccc(OC)c(S(=O)(=O)N[C@H]4CC[C@@H](O)CC4)c3)c(C)nc2s1. The Hall–Kier alpha value is -2.20. The maximum Gasteiger partial charge on any atom is 0.244 e. The fourth-order valence-electron chi connectivity index (χ4n) is 4.01. The van der Waals surface area contributed by atoms with E-state index in [0.29, 0.717) is 31.4 Å². The summed E-state index contributed by atoms with van der Waals surface area (Å²) < 4.78 is 36.6. The summed E-state index contributed by atoms with van der Waals surface area (Å²) in [7, 11) is -2.34. The summed E-state index contributed by atoms with van der Waals surface area (Å²) in [4.78, 5) is 6.62. The fourth-order valence-corrected chi connectivity index (χ4v) is 6.46. The second kappa shape index (κ2) is 8.38. The Bertz CT molecular complexity index is 1240. The zero-order valence-electron chi connectivity index (χ0n) is 17.9. The van der Waals surface area contributed by atoms with Crippen molar-refractivity contribution in [1.82, 2.24) is 14.1 Å². The van der Waals surface area contributed by atoms with Crippen molar-refractivity contribution in [1.29, 1.82) is 0 Å². The number of allylic oxidation sites excluding steroid dienone is 1. The van der Waals surface area contributed by atoms with Gasteiger partial charge in [0, 0.05) is 22.7 Å². The molecule has 0 amide bonds. The average Bonchev–Trinajstić information content (AvgIpc) is 3.26. The van der Waals surface area contributed by atoms with Gasteiger partial charge in [-0.3, -0.25) is 4.40 Å². The Kier molecular flexibility index (Phi) is 5.95. The van der Waals surface area contributed by atoms with E-state index in [2.05, 4.69) is 16.3 Å². The van der Waals surface area contributed by atoms with Gasteiger partial charge in [0.15, 0.2) is 4.96 Å². The number of sulfonamides is 1. The largest absolute Gasteiger partial charge is 0.495 e. The molecule has 0 saturated heterocycles. The number of ether oxygens (including phenoxy) is 1. The van der Waals surface area contributed by atoms with Crippen LogP contribution in [0.2, 0.25) is 0 Å². The van der Waals surface area contributed by atoms with Gasteiger partial charge in [-0.15, -0.1) is 0 Å². The normalized spacial score (nSPS) is 19.6. The number of methoxy groups -OCH3 is 1. The van der Waals surface area contributed by atoms with E-state index in [9.17, 15) is 13.5 Å². The molecule has 0 unspecified atom stereocenters. The third-order valence-corrected chi connectivity index (χ3v) is 8.35. The average molecular weight is 462 g/mol. The van der Waals surface area contributed by atoms with Gasteiger partial charge in [0.25, 0.3) is 0 Å². The van der Waals surface area contributed by atoms with Crippen LogP contribution in [-0.4, -0.2) is 42.2 Å². The summed E-state index contributed by atoms with van der Waals surface area (Å²) in [5.74, 6) is 0.290. The minimum absolute atomic E-state index is 0.100. The van der Waals surface area contributed by atoms with Gasteiger partial charge in [0.2, 0.25) is 10.0 Å². The van der Waals surface area contributed by atoms with Gasteiger partial charge in [-0.05, 0) is 63.3 Å². The quantitative estimate of drug-likeness (QED) is 0.579. The lowest BCUT2D eigenvalue weighted by atomic mass is 9.94. The minimum atomic E-state index is -3.81. The molecule has 7 nitrogen and oxygen atoms in total. The molecule has 2 N–H and O–H groups in total. The number of aryl methyl sites for hydroxylation is 1. The molecule has 1 saturated carbocycles. The molecule has 9 heteroatoms. The van der Waals surface area contributed by atoms with Crippen LogP contribution in [0.5, 0.6) is 5.75 Å². The van der Waals surface area contributed by atoms with Crippen molar-refractivity contribution in [3.63, 3.8) is 0 Å². The van der Waals surface area contributed by atoms with Crippen LogP contribution < -0.4 is 9.46 Å². The standard InChI is InChI=1S/C22H27N3O4S2/c1-13(2)19-12-25-21(14(3)23-22(25)30-19)15-5-10-18(29-4)20(11-15)31(27,28)24-16-6-8-17(26)9-7-16/h5,10-12,16-17,24,26H,1,6-9H2,2-4H3/t16-,17+. The lowest BCUT2D eigenvalue weighted by Crippen LogP contribution is -2.38. The highest BCUT2D eigenvalue weighted by atomic mass is 32.2. The molecule has 1 aliphatic rings. The number of hydrogen-bond donors (Lipinski definition) is 2. The van der Waals surface area contributed by atoms with Crippen molar-refractivity contribution >= 4 is 31.9 Å². The first-order valence-corrected chi connectivity index (χ1v) is 12.5. The third kappa shape index (κ3) is 4.27. The number of imidazole rings is 1. The monoisotopic (exact) mass is 461 g/mol. The number of aliphatic hydroxyl groups excluding tert-OH is 1. The van der Waals surface area contributed by atoms with Gasteiger partial charge in [-0.2, -0.15) is 0 Å². The van der Waals surface area contributed by atoms with E-state index in [-0.39, 0.29) is 17.0 Å². The number of thiazole rings is 1.